The molecule has 7 heteroatoms. The molecule has 1 heterocycles. The zero-order valence-corrected chi connectivity index (χ0v) is 7.28. The number of pyridine rings is 1. The Balaban J connectivity index is 3.16. The lowest BCUT2D eigenvalue weighted by Crippen LogP contribution is -2.15. The Kier molecular flexibility index (Phi) is 2.30. The van der Waals surface area contributed by atoms with Gasteiger partial charge in [0.2, 0.25) is 10.0 Å². The molecule has 0 radical (unpaired) electrons. The minimum atomic E-state index is -3.76. The number of primary sulfonamides is 1. The number of nitrogens with zero attached hydrogens (tertiary/aromatic N) is 1. The van der Waals surface area contributed by atoms with E-state index < -0.39 is 15.9 Å². The van der Waals surface area contributed by atoms with Crippen molar-refractivity contribution < 1.29 is 13.2 Å². The van der Waals surface area contributed by atoms with Crippen molar-refractivity contribution in [1.82, 2.24) is 4.98 Å². The van der Waals surface area contributed by atoms with Crippen LogP contribution in [0.25, 0.3) is 0 Å². The molecule has 0 saturated heterocycles. The fourth-order valence-corrected chi connectivity index (χ4v) is 1.15. The molecule has 0 aromatic carbocycles. The molecule has 0 bridgehead atoms. The third-order valence-electron chi connectivity index (χ3n) is 1.32. The number of amides is 1. The molecular weight excluding hydrogens is 194 g/mol. The molecule has 1 rings (SSSR count). The number of carbonyl (C=O) groups excluding carboxylic acids is 1. The number of sulfonamides is 1. The normalized spacial score (nSPS) is 11.2. The van der Waals surface area contributed by atoms with Crippen molar-refractivity contribution in [2.24, 2.45) is 10.9 Å². The molecular formula is C6H7N3O3S. The molecule has 0 aliphatic heterocycles. The van der Waals surface area contributed by atoms with Crippen LogP contribution >= 0.6 is 0 Å². The Morgan fingerprint density at radius 1 is 1.38 bits per heavy atom. The smallest absolute Gasteiger partial charge is 0.267 e. The molecule has 4 N–H and O–H groups in total. The third-order valence-corrected chi connectivity index (χ3v) is 2.22. The molecule has 1 amide bonds. The summed E-state index contributed by atoms with van der Waals surface area (Å²) in [6.45, 7) is 0. The minimum absolute atomic E-state index is 0.00704. The highest BCUT2D eigenvalue weighted by atomic mass is 32.2. The molecule has 1 aromatic rings. The van der Waals surface area contributed by atoms with Crippen LogP contribution in [-0.4, -0.2) is 19.3 Å². The lowest BCUT2D eigenvalue weighted by Gasteiger charge is -1.97. The Morgan fingerprint density at radius 3 is 2.31 bits per heavy atom. The molecule has 0 unspecified atom stereocenters. The van der Waals surface area contributed by atoms with Gasteiger partial charge in [0.05, 0.1) is 0 Å². The van der Waals surface area contributed by atoms with Gasteiger partial charge in [-0.2, -0.15) is 0 Å². The predicted octanol–water partition coefficient (Wildman–Crippen LogP) is -1.17. The molecule has 0 aliphatic carbocycles. The van der Waals surface area contributed by atoms with E-state index in [9.17, 15) is 13.2 Å². The van der Waals surface area contributed by atoms with Gasteiger partial charge in [0.15, 0.2) is 0 Å². The topological polar surface area (TPSA) is 116 Å². The van der Waals surface area contributed by atoms with Crippen LogP contribution in [0, 0.1) is 0 Å². The molecule has 70 valence electrons. The largest absolute Gasteiger partial charge is 0.364 e. The van der Waals surface area contributed by atoms with Crippen LogP contribution < -0.4 is 10.9 Å². The Hall–Kier alpha value is -1.47. The monoisotopic (exact) mass is 201 g/mol. The highest BCUT2D eigenvalue weighted by Gasteiger charge is 2.09. The summed E-state index contributed by atoms with van der Waals surface area (Å²) >= 11 is 0. The molecule has 0 aliphatic rings. The van der Waals surface area contributed by atoms with Crippen molar-refractivity contribution in [2.75, 3.05) is 0 Å². The summed E-state index contributed by atoms with van der Waals surface area (Å²) in [7, 11) is -3.76. The lowest BCUT2D eigenvalue weighted by atomic mass is 10.3. The minimum Gasteiger partial charge on any atom is -0.364 e. The summed E-state index contributed by atoms with van der Waals surface area (Å²) in [5, 5.41) is 4.80. The first-order valence-electron chi connectivity index (χ1n) is 3.20. The highest BCUT2D eigenvalue weighted by molar-refractivity contribution is 7.89. The summed E-state index contributed by atoms with van der Waals surface area (Å²) in [6.07, 6.45) is 0.982. The van der Waals surface area contributed by atoms with E-state index in [1.54, 1.807) is 0 Å². The van der Waals surface area contributed by atoms with Crippen molar-refractivity contribution in [3.63, 3.8) is 0 Å². The molecule has 13 heavy (non-hydrogen) atoms. The SMILES string of the molecule is NC(=O)c1ccc(S(N)(=O)=O)cn1. The van der Waals surface area contributed by atoms with E-state index in [-0.39, 0.29) is 10.6 Å². The number of primary amides is 1. The van der Waals surface area contributed by atoms with Gasteiger partial charge < -0.3 is 5.73 Å². The van der Waals surface area contributed by atoms with Crippen LogP contribution in [0.3, 0.4) is 0 Å². The number of hydrogen-bond donors (Lipinski definition) is 2. The van der Waals surface area contributed by atoms with E-state index in [1.165, 1.54) is 12.1 Å². The van der Waals surface area contributed by atoms with Gasteiger partial charge in [0.1, 0.15) is 10.6 Å². The second-order valence-electron chi connectivity index (χ2n) is 2.29. The van der Waals surface area contributed by atoms with Crippen molar-refractivity contribution in [2.45, 2.75) is 4.90 Å². The lowest BCUT2D eigenvalue weighted by molar-refractivity contribution is 0.0995. The number of rotatable bonds is 2. The van der Waals surface area contributed by atoms with Gasteiger partial charge in [0, 0.05) is 6.20 Å². The average Bonchev–Trinajstić information content (AvgIpc) is 2.03. The maximum atomic E-state index is 10.7. The Labute approximate surface area is 74.6 Å². The predicted molar refractivity (Wildman–Crippen MR) is 44.1 cm³/mol. The van der Waals surface area contributed by atoms with Crippen molar-refractivity contribution >= 4 is 15.9 Å². The van der Waals surface area contributed by atoms with Gasteiger partial charge in [-0.05, 0) is 12.1 Å². The number of aromatic nitrogens is 1. The van der Waals surface area contributed by atoms with Crippen molar-refractivity contribution in [3.05, 3.63) is 24.0 Å². The molecule has 6 nitrogen and oxygen atoms in total. The van der Waals surface area contributed by atoms with E-state index >= 15 is 0 Å². The van der Waals surface area contributed by atoms with E-state index in [2.05, 4.69) is 4.98 Å². The second kappa shape index (κ2) is 3.11. The first-order chi connectivity index (χ1) is 5.91. The molecule has 0 saturated carbocycles. The van der Waals surface area contributed by atoms with E-state index in [4.69, 9.17) is 10.9 Å². The molecule has 0 spiro atoms. The maximum Gasteiger partial charge on any atom is 0.267 e. The van der Waals surface area contributed by atoms with E-state index in [0.29, 0.717) is 0 Å². The van der Waals surface area contributed by atoms with Crippen LogP contribution in [0.2, 0.25) is 0 Å². The van der Waals surface area contributed by atoms with E-state index in [0.717, 1.165) is 6.20 Å². The maximum absolute atomic E-state index is 10.7. The van der Waals surface area contributed by atoms with Crippen LogP contribution in [-0.2, 0) is 10.0 Å². The molecule has 0 fully saturated rings. The summed E-state index contributed by atoms with van der Waals surface area (Å²) < 4.78 is 21.5. The highest BCUT2D eigenvalue weighted by Crippen LogP contribution is 2.04. The Bertz CT molecular complexity index is 423. The van der Waals surface area contributed by atoms with Gasteiger partial charge in [0.25, 0.3) is 5.91 Å². The summed E-state index contributed by atoms with van der Waals surface area (Å²) in [5.74, 6) is -0.721. The summed E-state index contributed by atoms with van der Waals surface area (Å²) in [5.41, 5.74) is 4.88. The zero-order chi connectivity index (χ0) is 10.1. The van der Waals surface area contributed by atoms with Gasteiger partial charge in [-0.15, -0.1) is 0 Å². The third kappa shape index (κ3) is 2.23. The first kappa shape index (κ1) is 9.62. The molecule has 1 aromatic heterocycles. The van der Waals surface area contributed by atoms with Gasteiger partial charge in [-0.25, -0.2) is 18.5 Å². The second-order valence-corrected chi connectivity index (χ2v) is 3.85. The van der Waals surface area contributed by atoms with Crippen molar-refractivity contribution in [1.29, 1.82) is 0 Å². The zero-order valence-electron chi connectivity index (χ0n) is 6.47. The average molecular weight is 201 g/mol. The summed E-state index contributed by atoms with van der Waals surface area (Å²) in [6, 6.07) is 2.37. The fourth-order valence-electron chi connectivity index (χ4n) is 0.694. The van der Waals surface area contributed by atoms with E-state index in [1.807, 2.05) is 0 Å². The van der Waals surface area contributed by atoms with Crippen LogP contribution in [0.1, 0.15) is 10.5 Å². The number of hydrogen-bond acceptors (Lipinski definition) is 4. The first-order valence-corrected chi connectivity index (χ1v) is 4.74. The fraction of sp³-hybridized carbons (Fsp3) is 0. The van der Waals surface area contributed by atoms with Crippen LogP contribution in [0.4, 0.5) is 0 Å². The summed E-state index contributed by atoms with van der Waals surface area (Å²) in [4.78, 5) is 13.9. The van der Waals surface area contributed by atoms with Gasteiger partial charge in [-0.1, -0.05) is 0 Å². The quantitative estimate of drug-likeness (QED) is 0.626. The standard InChI is InChI=1S/C6H7N3O3S/c7-6(10)5-2-1-4(3-9-5)13(8,11)12/h1-3H,(H2,7,10)(H2,8,11,12). The van der Waals surface area contributed by atoms with Gasteiger partial charge in [-0.3, -0.25) is 4.79 Å². The Morgan fingerprint density at radius 2 is 2.00 bits per heavy atom. The van der Waals surface area contributed by atoms with Crippen molar-refractivity contribution in [3.8, 4) is 0 Å². The number of nitrogens with two attached hydrogens (primary N) is 2. The number of carbonyl (C=O) groups is 1. The van der Waals surface area contributed by atoms with Crippen LogP contribution in [0.15, 0.2) is 23.2 Å². The molecule has 0 atom stereocenters. The van der Waals surface area contributed by atoms with Crippen LogP contribution in [0.5, 0.6) is 0 Å². The van der Waals surface area contributed by atoms with Gasteiger partial charge >= 0.3 is 0 Å².